The molecular formula is C13H22ClN3. The highest BCUT2D eigenvalue weighted by Crippen LogP contribution is 2.17. The molecule has 1 aromatic rings. The highest BCUT2D eigenvalue weighted by Gasteiger charge is 2.18. The van der Waals surface area contributed by atoms with Crippen molar-refractivity contribution >= 4 is 12.4 Å². The minimum absolute atomic E-state index is 0. The Morgan fingerprint density at radius 1 is 1.41 bits per heavy atom. The normalized spacial score (nSPS) is 20.9. The van der Waals surface area contributed by atoms with Gasteiger partial charge in [0, 0.05) is 25.5 Å². The van der Waals surface area contributed by atoms with Crippen LogP contribution in [0.15, 0.2) is 24.5 Å². The molecule has 0 saturated carbocycles. The third-order valence-electron chi connectivity index (χ3n) is 3.25. The first-order chi connectivity index (χ1) is 7.88. The molecule has 0 amide bonds. The van der Waals surface area contributed by atoms with Crippen LogP contribution < -0.4 is 5.32 Å². The zero-order valence-corrected chi connectivity index (χ0v) is 11.2. The number of piperidine rings is 1. The number of hydrogen-bond acceptors (Lipinski definition) is 3. The Morgan fingerprint density at radius 3 is 2.88 bits per heavy atom. The Labute approximate surface area is 110 Å². The Balaban J connectivity index is 0.00000144. The second-order valence-electron chi connectivity index (χ2n) is 4.66. The summed E-state index contributed by atoms with van der Waals surface area (Å²) in [5.74, 6) is 0.820. The highest BCUT2D eigenvalue weighted by molar-refractivity contribution is 5.85. The van der Waals surface area contributed by atoms with Gasteiger partial charge in [-0.1, -0.05) is 0 Å². The van der Waals surface area contributed by atoms with Crippen molar-refractivity contribution in [1.82, 2.24) is 15.2 Å². The molecule has 2 rings (SSSR count). The molecule has 1 saturated heterocycles. The fourth-order valence-corrected chi connectivity index (χ4v) is 2.50. The van der Waals surface area contributed by atoms with Gasteiger partial charge in [-0.15, -0.1) is 12.4 Å². The molecule has 4 heteroatoms. The number of pyridine rings is 1. The number of nitrogens with zero attached hydrogens (tertiary/aromatic N) is 2. The van der Waals surface area contributed by atoms with Crippen molar-refractivity contribution in [3.63, 3.8) is 0 Å². The smallest absolute Gasteiger partial charge is 0.0271 e. The zero-order chi connectivity index (χ0) is 11.2. The van der Waals surface area contributed by atoms with Crippen molar-refractivity contribution in [3.05, 3.63) is 30.1 Å². The van der Waals surface area contributed by atoms with Gasteiger partial charge in [-0.3, -0.25) is 9.88 Å². The minimum Gasteiger partial charge on any atom is -0.319 e. The molecular weight excluding hydrogens is 234 g/mol. The molecule has 2 heterocycles. The van der Waals surface area contributed by atoms with E-state index in [1.54, 1.807) is 0 Å². The summed E-state index contributed by atoms with van der Waals surface area (Å²) in [6.07, 6.45) is 6.46. The molecule has 96 valence electrons. The van der Waals surface area contributed by atoms with E-state index in [1.165, 1.54) is 31.5 Å². The van der Waals surface area contributed by atoms with Gasteiger partial charge in [-0.05, 0) is 56.6 Å². The second kappa shape index (κ2) is 7.64. The topological polar surface area (TPSA) is 28.2 Å². The largest absolute Gasteiger partial charge is 0.319 e. The molecule has 1 unspecified atom stereocenters. The van der Waals surface area contributed by atoms with E-state index < -0.39 is 0 Å². The Kier molecular flexibility index (Phi) is 6.48. The molecule has 3 nitrogen and oxygen atoms in total. The van der Waals surface area contributed by atoms with Gasteiger partial charge in [0.2, 0.25) is 0 Å². The predicted molar refractivity (Wildman–Crippen MR) is 73.4 cm³/mol. The van der Waals surface area contributed by atoms with E-state index in [4.69, 9.17) is 0 Å². The van der Waals surface area contributed by atoms with Gasteiger partial charge in [0.15, 0.2) is 0 Å². The van der Waals surface area contributed by atoms with Gasteiger partial charge in [0.1, 0.15) is 0 Å². The van der Waals surface area contributed by atoms with Crippen molar-refractivity contribution in [2.75, 3.05) is 26.7 Å². The van der Waals surface area contributed by atoms with Crippen molar-refractivity contribution in [3.8, 4) is 0 Å². The van der Waals surface area contributed by atoms with Crippen LogP contribution in [0.3, 0.4) is 0 Å². The van der Waals surface area contributed by atoms with E-state index in [2.05, 4.69) is 27.3 Å². The number of rotatable bonds is 4. The van der Waals surface area contributed by atoms with Crippen LogP contribution in [0.25, 0.3) is 0 Å². The fraction of sp³-hybridized carbons (Fsp3) is 0.615. The molecule has 1 aromatic heterocycles. The molecule has 0 bridgehead atoms. The molecule has 1 atom stereocenters. The molecule has 0 aliphatic carbocycles. The van der Waals surface area contributed by atoms with E-state index in [0.29, 0.717) is 0 Å². The van der Waals surface area contributed by atoms with Crippen LogP contribution in [0.1, 0.15) is 18.4 Å². The molecule has 1 N–H and O–H groups in total. The number of aromatic nitrogens is 1. The first-order valence-corrected chi connectivity index (χ1v) is 6.14. The maximum atomic E-state index is 4.05. The average molecular weight is 256 g/mol. The fourth-order valence-electron chi connectivity index (χ4n) is 2.50. The molecule has 0 spiro atoms. The number of likely N-dealkylation sites (tertiary alicyclic amines) is 1. The zero-order valence-electron chi connectivity index (χ0n) is 10.4. The van der Waals surface area contributed by atoms with E-state index in [1.807, 2.05) is 19.4 Å². The second-order valence-corrected chi connectivity index (χ2v) is 4.66. The van der Waals surface area contributed by atoms with Crippen LogP contribution in [0.2, 0.25) is 0 Å². The third-order valence-corrected chi connectivity index (χ3v) is 3.25. The van der Waals surface area contributed by atoms with E-state index in [9.17, 15) is 0 Å². The Morgan fingerprint density at radius 2 is 2.18 bits per heavy atom. The molecule has 0 radical (unpaired) electrons. The van der Waals surface area contributed by atoms with Crippen LogP contribution >= 0.6 is 12.4 Å². The predicted octanol–water partition coefficient (Wildman–Crippen LogP) is 1.93. The molecule has 0 aromatic carbocycles. The van der Waals surface area contributed by atoms with E-state index in [-0.39, 0.29) is 12.4 Å². The highest BCUT2D eigenvalue weighted by atomic mass is 35.5. The number of hydrogen-bond donors (Lipinski definition) is 1. The standard InChI is InChI=1S/C13H21N3.ClH/c1-14-9-13-3-2-8-16(11-13)10-12-4-6-15-7-5-12;/h4-7,13-14H,2-3,8-11H2,1H3;1H. The van der Waals surface area contributed by atoms with Gasteiger partial charge in [-0.2, -0.15) is 0 Å². The van der Waals surface area contributed by atoms with Crippen molar-refractivity contribution in [2.24, 2.45) is 5.92 Å². The summed E-state index contributed by atoms with van der Waals surface area (Å²) in [5, 5.41) is 3.29. The molecule has 1 fully saturated rings. The van der Waals surface area contributed by atoms with Gasteiger partial charge in [0.25, 0.3) is 0 Å². The maximum Gasteiger partial charge on any atom is 0.0271 e. The summed E-state index contributed by atoms with van der Waals surface area (Å²) in [6, 6.07) is 4.23. The third kappa shape index (κ3) is 4.62. The van der Waals surface area contributed by atoms with Crippen molar-refractivity contribution < 1.29 is 0 Å². The monoisotopic (exact) mass is 255 g/mol. The molecule has 1 aliphatic heterocycles. The van der Waals surface area contributed by atoms with Crippen LogP contribution in [0.4, 0.5) is 0 Å². The summed E-state index contributed by atoms with van der Waals surface area (Å²) in [6.45, 7) is 4.68. The van der Waals surface area contributed by atoms with Crippen LogP contribution in [0.5, 0.6) is 0 Å². The minimum atomic E-state index is 0. The lowest BCUT2D eigenvalue weighted by Crippen LogP contribution is -2.38. The van der Waals surface area contributed by atoms with Crippen LogP contribution in [0, 0.1) is 5.92 Å². The lowest BCUT2D eigenvalue weighted by molar-refractivity contribution is 0.167. The number of halogens is 1. The van der Waals surface area contributed by atoms with Gasteiger partial charge in [-0.25, -0.2) is 0 Å². The van der Waals surface area contributed by atoms with Crippen molar-refractivity contribution in [1.29, 1.82) is 0 Å². The van der Waals surface area contributed by atoms with E-state index >= 15 is 0 Å². The SMILES string of the molecule is CNCC1CCCN(Cc2ccncc2)C1.Cl. The summed E-state index contributed by atoms with van der Waals surface area (Å²) >= 11 is 0. The summed E-state index contributed by atoms with van der Waals surface area (Å²) in [7, 11) is 2.04. The number of nitrogens with one attached hydrogen (secondary N) is 1. The van der Waals surface area contributed by atoms with Gasteiger partial charge < -0.3 is 5.32 Å². The average Bonchev–Trinajstić information content (AvgIpc) is 2.31. The maximum absolute atomic E-state index is 4.05. The summed E-state index contributed by atoms with van der Waals surface area (Å²) in [4.78, 5) is 6.61. The first kappa shape index (κ1) is 14.4. The Hall–Kier alpha value is -0.640. The van der Waals surface area contributed by atoms with Crippen molar-refractivity contribution in [2.45, 2.75) is 19.4 Å². The van der Waals surface area contributed by atoms with E-state index in [0.717, 1.165) is 19.0 Å². The van der Waals surface area contributed by atoms with Crippen LogP contribution in [-0.4, -0.2) is 36.6 Å². The molecule has 1 aliphatic rings. The summed E-state index contributed by atoms with van der Waals surface area (Å²) in [5.41, 5.74) is 1.38. The van der Waals surface area contributed by atoms with Crippen LogP contribution in [-0.2, 0) is 6.54 Å². The Bertz CT molecular complexity index is 303. The summed E-state index contributed by atoms with van der Waals surface area (Å²) < 4.78 is 0. The van der Waals surface area contributed by atoms with Gasteiger partial charge in [0.05, 0.1) is 0 Å². The lowest BCUT2D eigenvalue weighted by atomic mass is 9.97. The quantitative estimate of drug-likeness (QED) is 0.891. The lowest BCUT2D eigenvalue weighted by Gasteiger charge is -2.32. The first-order valence-electron chi connectivity index (χ1n) is 6.14. The molecule has 17 heavy (non-hydrogen) atoms. The van der Waals surface area contributed by atoms with Gasteiger partial charge >= 0.3 is 0 Å².